The van der Waals surface area contributed by atoms with E-state index in [4.69, 9.17) is 16.3 Å². The van der Waals surface area contributed by atoms with Gasteiger partial charge in [0, 0.05) is 23.2 Å². The quantitative estimate of drug-likeness (QED) is 0.784. The van der Waals surface area contributed by atoms with E-state index in [1.807, 2.05) is 0 Å². The molecular formula is C9H12ClNO2. The monoisotopic (exact) mass is 201 g/mol. The lowest BCUT2D eigenvalue weighted by atomic mass is 10.2. The van der Waals surface area contributed by atoms with Crippen LogP contribution in [0.3, 0.4) is 0 Å². The van der Waals surface area contributed by atoms with Gasteiger partial charge in [0.25, 0.3) is 0 Å². The number of hydrogen-bond donors (Lipinski definition) is 2. The third-order valence-electron chi connectivity index (χ3n) is 1.71. The Bertz CT molecular complexity index is 302. The van der Waals surface area contributed by atoms with Crippen molar-refractivity contribution in [1.82, 2.24) is 5.32 Å². The molecule has 0 amide bonds. The largest absolute Gasteiger partial charge is 0.504 e. The van der Waals surface area contributed by atoms with E-state index in [-0.39, 0.29) is 5.75 Å². The maximum Gasteiger partial charge on any atom is 0.162 e. The van der Waals surface area contributed by atoms with Crippen LogP contribution in [-0.2, 0) is 6.54 Å². The van der Waals surface area contributed by atoms with Gasteiger partial charge in [-0.05, 0) is 13.1 Å². The van der Waals surface area contributed by atoms with Gasteiger partial charge >= 0.3 is 0 Å². The number of benzene rings is 1. The van der Waals surface area contributed by atoms with E-state index in [1.54, 1.807) is 19.2 Å². The number of ether oxygens (including phenoxy) is 1. The van der Waals surface area contributed by atoms with Crippen LogP contribution in [0.2, 0.25) is 5.02 Å². The van der Waals surface area contributed by atoms with Crippen LogP contribution < -0.4 is 10.1 Å². The van der Waals surface area contributed by atoms with Crippen molar-refractivity contribution in [3.63, 3.8) is 0 Å². The minimum absolute atomic E-state index is 0.140. The molecule has 0 radical (unpaired) electrons. The number of halogens is 1. The molecule has 3 nitrogen and oxygen atoms in total. The Balaban J connectivity index is 3.11. The van der Waals surface area contributed by atoms with Crippen molar-refractivity contribution < 1.29 is 9.84 Å². The van der Waals surface area contributed by atoms with Crippen LogP contribution >= 0.6 is 11.6 Å². The minimum Gasteiger partial charge on any atom is -0.504 e. The summed E-state index contributed by atoms with van der Waals surface area (Å²) in [5, 5.41) is 13.1. The normalized spacial score (nSPS) is 10.1. The highest BCUT2D eigenvalue weighted by Crippen LogP contribution is 2.33. The fourth-order valence-electron chi connectivity index (χ4n) is 1.11. The van der Waals surface area contributed by atoms with E-state index >= 15 is 0 Å². The van der Waals surface area contributed by atoms with Crippen molar-refractivity contribution in [3.05, 3.63) is 22.7 Å². The molecule has 4 heteroatoms. The van der Waals surface area contributed by atoms with E-state index in [0.29, 0.717) is 17.3 Å². The Hall–Kier alpha value is -0.930. The molecule has 0 aliphatic rings. The maximum atomic E-state index is 9.62. The second-order valence-electron chi connectivity index (χ2n) is 2.65. The summed E-state index contributed by atoms with van der Waals surface area (Å²) in [4.78, 5) is 0. The second-order valence-corrected chi connectivity index (χ2v) is 3.08. The molecule has 0 aliphatic carbocycles. The van der Waals surface area contributed by atoms with Crippen molar-refractivity contribution in [1.29, 1.82) is 0 Å². The Morgan fingerprint density at radius 3 is 2.77 bits per heavy atom. The fraction of sp³-hybridized carbons (Fsp3) is 0.333. The van der Waals surface area contributed by atoms with Gasteiger partial charge in [-0.3, -0.25) is 0 Å². The number of phenolic OH excluding ortho intramolecular Hbond substituents is 1. The maximum absolute atomic E-state index is 9.62. The zero-order chi connectivity index (χ0) is 9.84. The molecule has 0 atom stereocenters. The molecule has 0 saturated heterocycles. The third-order valence-corrected chi connectivity index (χ3v) is 1.92. The average Bonchev–Trinajstić information content (AvgIpc) is 2.11. The standard InChI is InChI=1S/C9H12ClNO2/c1-11-5-6-3-7(10)4-8(13-2)9(6)12/h3-4,11-12H,5H2,1-2H3. The first-order valence-corrected chi connectivity index (χ1v) is 4.26. The van der Waals surface area contributed by atoms with Crippen molar-refractivity contribution in [2.45, 2.75) is 6.54 Å². The molecule has 0 fully saturated rings. The van der Waals surface area contributed by atoms with Gasteiger partial charge < -0.3 is 15.2 Å². The van der Waals surface area contributed by atoms with Gasteiger partial charge in [-0.1, -0.05) is 11.6 Å². The average molecular weight is 202 g/mol. The van der Waals surface area contributed by atoms with Gasteiger partial charge in [0.1, 0.15) is 0 Å². The van der Waals surface area contributed by atoms with Gasteiger partial charge in [0.05, 0.1) is 7.11 Å². The topological polar surface area (TPSA) is 41.5 Å². The van der Waals surface area contributed by atoms with E-state index in [2.05, 4.69) is 5.32 Å². The summed E-state index contributed by atoms with van der Waals surface area (Å²) in [7, 11) is 3.29. The van der Waals surface area contributed by atoms with Crippen LogP contribution in [0.4, 0.5) is 0 Å². The molecular weight excluding hydrogens is 190 g/mol. The van der Waals surface area contributed by atoms with Gasteiger partial charge in [0.15, 0.2) is 11.5 Å². The van der Waals surface area contributed by atoms with Crippen molar-refractivity contribution in [3.8, 4) is 11.5 Å². The Kier molecular flexibility index (Phi) is 3.39. The number of nitrogens with one attached hydrogen (secondary N) is 1. The minimum atomic E-state index is 0.140. The highest BCUT2D eigenvalue weighted by atomic mass is 35.5. The molecule has 0 heterocycles. The van der Waals surface area contributed by atoms with Gasteiger partial charge in [-0.25, -0.2) is 0 Å². The Labute approximate surface area is 82.3 Å². The summed E-state index contributed by atoms with van der Waals surface area (Å²) < 4.78 is 4.95. The molecule has 2 N–H and O–H groups in total. The molecule has 1 aromatic carbocycles. The number of methoxy groups -OCH3 is 1. The summed E-state index contributed by atoms with van der Waals surface area (Å²) in [6, 6.07) is 3.28. The van der Waals surface area contributed by atoms with Gasteiger partial charge in [0.2, 0.25) is 0 Å². The predicted molar refractivity (Wildman–Crippen MR) is 52.4 cm³/mol. The molecule has 0 bridgehead atoms. The first-order valence-electron chi connectivity index (χ1n) is 3.89. The number of aromatic hydroxyl groups is 1. The van der Waals surface area contributed by atoms with Crippen LogP contribution in [0.1, 0.15) is 5.56 Å². The first kappa shape index (κ1) is 10.2. The molecule has 1 aromatic rings. The lowest BCUT2D eigenvalue weighted by Gasteiger charge is -2.09. The van der Waals surface area contributed by atoms with Crippen LogP contribution in [0.25, 0.3) is 0 Å². The molecule has 0 spiro atoms. The fourth-order valence-corrected chi connectivity index (χ4v) is 1.34. The summed E-state index contributed by atoms with van der Waals surface area (Å²) >= 11 is 5.82. The van der Waals surface area contributed by atoms with Crippen LogP contribution in [0.5, 0.6) is 11.5 Å². The van der Waals surface area contributed by atoms with Crippen molar-refractivity contribution >= 4 is 11.6 Å². The molecule has 0 aliphatic heterocycles. The molecule has 0 saturated carbocycles. The van der Waals surface area contributed by atoms with Crippen LogP contribution in [0, 0.1) is 0 Å². The highest BCUT2D eigenvalue weighted by Gasteiger charge is 2.08. The molecule has 72 valence electrons. The van der Waals surface area contributed by atoms with E-state index < -0.39 is 0 Å². The Morgan fingerprint density at radius 2 is 2.23 bits per heavy atom. The lowest BCUT2D eigenvalue weighted by molar-refractivity contribution is 0.370. The second kappa shape index (κ2) is 4.35. The number of rotatable bonds is 3. The molecule has 13 heavy (non-hydrogen) atoms. The summed E-state index contributed by atoms with van der Waals surface area (Å²) in [6.07, 6.45) is 0. The van der Waals surface area contributed by atoms with E-state index in [9.17, 15) is 5.11 Å². The van der Waals surface area contributed by atoms with Gasteiger partial charge in [-0.15, -0.1) is 0 Å². The number of hydrogen-bond acceptors (Lipinski definition) is 3. The molecule has 0 aromatic heterocycles. The zero-order valence-corrected chi connectivity index (χ0v) is 8.35. The highest BCUT2D eigenvalue weighted by molar-refractivity contribution is 6.30. The smallest absolute Gasteiger partial charge is 0.162 e. The molecule has 0 unspecified atom stereocenters. The summed E-state index contributed by atoms with van der Waals surface area (Å²) in [6.45, 7) is 0.558. The van der Waals surface area contributed by atoms with Crippen LogP contribution in [0.15, 0.2) is 12.1 Å². The van der Waals surface area contributed by atoms with Crippen molar-refractivity contribution in [2.75, 3.05) is 14.2 Å². The zero-order valence-electron chi connectivity index (χ0n) is 7.60. The van der Waals surface area contributed by atoms with Gasteiger partial charge in [-0.2, -0.15) is 0 Å². The SMILES string of the molecule is CNCc1cc(Cl)cc(OC)c1O. The number of phenols is 1. The molecule has 1 rings (SSSR count). The van der Waals surface area contributed by atoms with Crippen molar-refractivity contribution in [2.24, 2.45) is 0 Å². The lowest BCUT2D eigenvalue weighted by Crippen LogP contribution is -2.05. The van der Waals surface area contributed by atoms with E-state index in [0.717, 1.165) is 5.56 Å². The first-order chi connectivity index (χ1) is 6.19. The van der Waals surface area contributed by atoms with Crippen LogP contribution in [-0.4, -0.2) is 19.3 Å². The predicted octanol–water partition coefficient (Wildman–Crippen LogP) is 1.77. The van der Waals surface area contributed by atoms with E-state index in [1.165, 1.54) is 7.11 Å². The third kappa shape index (κ3) is 2.26. The Morgan fingerprint density at radius 1 is 1.54 bits per heavy atom. The summed E-state index contributed by atoms with van der Waals surface area (Å²) in [5.74, 6) is 0.541. The summed E-state index contributed by atoms with van der Waals surface area (Å²) in [5.41, 5.74) is 0.729.